The van der Waals surface area contributed by atoms with Crippen molar-refractivity contribution >= 4 is 5.69 Å². The molecule has 0 aliphatic rings. The van der Waals surface area contributed by atoms with Crippen LogP contribution in [-0.2, 0) is 13.0 Å². The van der Waals surface area contributed by atoms with Crippen LogP contribution in [0, 0.1) is 0 Å². The van der Waals surface area contributed by atoms with Crippen molar-refractivity contribution in [3.05, 3.63) is 42.2 Å². The van der Waals surface area contributed by atoms with E-state index in [1.54, 1.807) is 6.20 Å². The van der Waals surface area contributed by atoms with E-state index in [2.05, 4.69) is 17.2 Å². The predicted octanol–water partition coefficient (Wildman–Crippen LogP) is 2.50. The fourth-order valence-corrected chi connectivity index (χ4v) is 1.84. The fraction of sp³-hybridized carbons (Fsp3) is 0.357. The average molecular weight is 245 g/mol. The molecule has 1 aromatic heterocycles. The van der Waals surface area contributed by atoms with E-state index < -0.39 is 0 Å². The zero-order chi connectivity index (χ0) is 12.8. The van der Waals surface area contributed by atoms with Gasteiger partial charge in [-0.1, -0.05) is 12.1 Å². The number of nitrogen functional groups attached to an aromatic ring is 1. The van der Waals surface area contributed by atoms with E-state index in [0.717, 1.165) is 30.8 Å². The van der Waals surface area contributed by atoms with E-state index in [9.17, 15) is 0 Å². The summed E-state index contributed by atoms with van der Waals surface area (Å²) in [6, 6.07) is 8.03. The molecule has 1 heterocycles. The lowest BCUT2D eigenvalue weighted by Gasteiger charge is -2.03. The third-order valence-electron chi connectivity index (χ3n) is 2.75. The lowest BCUT2D eigenvalue weighted by atomic mass is 10.1. The zero-order valence-corrected chi connectivity index (χ0v) is 10.7. The maximum absolute atomic E-state index is 5.65. The Morgan fingerprint density at radius 2 is 2.06 bits per heavy atom. The van der Waals surface area contributed by atoms with Crippen LogP contribution in [0.5, 0.6) is 5.75 Å². The number of nitrogens with zero attached hydrogens (tertiary/aromatic N) is 2. The van der Waals surface area contributed by atoms with Crippen LogP contribution in [0.2, 0.25) is 0 Å². The summed E-state index contributed by atoms with van der Waals surface area (Å²) in [4.78, 5) is 0. The van der Waals surface area contributed by atoms with Crippen molar-refractivity contribution in [2.24, 2.45) is 0 Å². The maximum atomic E-state index is 5.65. The number of rotatable bonds is 6. The van der Waals surface area contributed by atoms with Gasteiger partial charge in [-0.25, -0.2) is 0 Å². The quantitative estimate of drug-likeness (QED) is 0.795. The van der Waals surface area contributed by atoms with Crippen LogP contribution in [0.15, 0.2) is 36.7 Å². The van der Waals surface area contributed by atoms with E-state index >= 15 is 0 Å². The van der Waals surface area contributed by atoms with Crippen molar-refractivity contribution in [1.29, 1.82) is 0 Å². The van der Waals surface area contributed by atoms with Gasteiger partial charge in [0.2, 0.25) is 0 Å². The van der Waals surface area contributed by atoms with Crippen LogP contribution in [0.3, 0.4) is 0 Å². The summed E-state index contributed by atoms with van der Waals surface area (Å²) in [5.41, 5.74) is 7.77. The molecule has 0 saturated heterocycles. The molecule has 0 amide bonds. The van der Waals surface area contributed by atoms with Crippen molar-refractivity contribution in [2.45, 2.75) is 26.3 Å². The Morgan fingerprint density at radius 1 is 1.28 bits per heavy atom. The van der Waals surface area contributed by atoms with Gasteiger partial charge < -0.3 is 10.5 Å². The Morgan fingerprint density at radius 3 is 2.78 bits per heavy atom. The van der Waals surface area contributed by atoms with E-state index in [1.165, 1.54) is 5.56 Å². The second-order valence-electron chi connectivity index (χ2n) is 4.22. The molecule has 0 unspecified atom stereocenters. The Bertz CT molecular complexity index is 476. The summed E-state index contributed by atoms with van der Waals surface area (Å²) < 4.78 is 7.29. The van der Waals surface area contributed by atoms with Gasteiger partial charge in [0.1, 0.15) is 0 Å². The molecular formula is C14H19N3O. The smallest absolute Gasteiger partial charge is 0.157 e. The molecule has 0 bridgehead atoms. The Balaban J connectivity index is 1.79. The number of nitrogens with two attached hydrogens (primary N) is 1. The molecule has 4 heteroatoms. The molecule has 0 atom stereocenters. The zero-order valence-electron chi connectivity index (χ0n) is 10.7. The maximum Gasteiger partial charge on any atom is 0.157 e. The summed E-state index contributed by atoms with van der Waals surface area (Å²) in [5, 5.41) is 4.25. The van der Waals surface area contributed by atoms with E-state index in [1.807, 2.05) is 29.9 Å². The molecular weight excluding hydrogens is 226 g/mol. The molecule has 0 fully saturated rings. The molecule has 0 saturated carbocycles. The second-order valence-corrected chi connectivity index (χ2v) is 4.22. The van der Waals surface area contributed by atoms with Gasteiger partial charge in [-0.3, -0.25) is 4.68 Å². The van der Waals surface area contributed by atoms with Crippen molar-refractivity contribution in [3.63, 3.8) is 0 Å². The number of ether oxygens (including phenoxy) is 1. The van der Waals surface area contributed by atoms with Gasteiger partial charge in [-0.05, 0) is 37.5 Å². The number of aromatic nitrogens is 2. The highest BCUT2D eigenvalue weighted by atomic mass is 16.5. The minimum absolute atomic E-state index is 0.678. The molecule has 4 nitrogen and oxygen atoms in total. The number of hydrogen-bond acceptors (Lipinski definition) is 3. The first-order valence-electron chi connectivity index (χ1n) is 6.27. The lowest BCUT2D eigenvalue weighted by molar-refractivity contribution is 0.339. The molecule has 2 aromatic rings. The second kappa shape index (κ2) is 6.10. The molecule has 96 valence electrons. The summed E-state index contributed by atoms with van der Waals surface area (Å²) in [6.07, 6.45) is 5.78. The van der Waals surface area contributed by atoms with Gasteiger partial charge >= 0.3 is 0 Å². The largest absolute Gasteiger partial charge is 0.491 e. The molecule has 0 aliphatic heterocycles. The third-order valence-corrected chi connectivity index (χ3v) is 2.75. The van der Waals surface area contributed by atoms with Crippen LogP contribution in [-0.4, -0.2) is 16.4 Å². The van der Waals surface area contributed by atoms with Crippen LogP contribution in [0.1, 0.15) is 18.9 Å². The molecule has 2 rings (SSSR count). The fourth-order valence-electron chi connectivity index (χ4n) is 1.84. The molecule has 18 heavy (non-hydrogen) atoms. The van der Waals surface area contributed by atoms with Gasteiger partial charge in [0.05, 0.1) is 19.0 Å². The first kappa shape index (κ1) is 12.5. The van der Waals surface area contributed by atoms with Crippen LogP contribution in [0.25, 0.3) is 0 Å². The van der Waals surface area contributed by atoms with Crippen LogP contribution >= 0.6 is 0 Å². The normalized spacial score (nSPS) is 10.5. The molecule has 2 N–H and O–H groups in total. The number of anilines is 1. The van der Waals surface area contributed by atoms with Crippen molar-refractivity contribution in [3.8, 4) is 5.75 Å². The summed E-state index contributed by atoms with van der Waals surface area (Å²) in [7, 11) is 0. The third kappa shape index (κ3) is 3.52. The first-order chi connectivity index (χ1) is 8.78. The number of benzene rings is 1. The minimum Gasteiger partial charge on any atom is -0.491 e. The predicted molar refractivity (Wildman–Crippen MR) is 72.6 cm³/mol. The molecule has 0 aliphatic carbocycles. The van der Waals surface area contributed by atoms with E-state index in [0.29, 0.717) is 6.61 Å². The monoisotopic (exact) mass is 245 g/mol. The van der Waals surface area contributed by atoms with Crippen LogP contribution in [0.4, 0.5) is 5.69 Å². The number of aryl methyl sites for hydroxylation is 2. The van der Waals surface area contributed by atoms with Crippen molar-refractivity contribution in [2.75, 3.05) is 12.3 Å². The highest BCUT2D eigenvalue weighted by Gasteiger charge is 1.99. The lowest BCUT2D eigenvalue weighted by Crippen LogP contribution is -2.00. The Hall–Kier alpha value is -1.97. The molecule has 1 aromatic carbocycles. The highest BCUT2D eigenvalue weighted by molar-refractivity contribution is 5.39. The SMILES string of the molecule is CCOc1cnn(CCCc2ccc(N)cc2)c1. The van der Waals surface area contributed by atoms with Gasteiger partial charge in [0.25, 0.3) is 0 Å². The van der Waals surface area contributed by atoms with E-state index in [-0.39, 0.29) is 0 Å². The Labute approximate surface area is 107 Å². The average Bonchev–Trinajstić information content (AvgIpc) is 2.80. The summed E-state index contributed by atoms with van der Waals surface area (Å²) in [6.45, 7) is 3.55. The summed E-state index contributed by atoms with van der Waals surface area (Å²) >= 11 is 0. The van der Waals surface area contributed by atoms with Crippen LogP contribution < -0.4 is 10.5 Å². The van der Waals surface area contributed by atoms with Gasteiger partial charge in [-0.15, -0.1) is 0 Å². The van der Waals surface area contributed by atoms with Gasteiger partial charge in [-0.2, -0.15) is 5.10 Å². The first-order valence-corrected chi connectivity index (χ1v) is 6.27. The number of hydrogen-bond donors (Lipinski definition) is 1. The minimum atomic E-state index is 0.678. The van der Waals surface area contributed by atoms with E-state index in [4.69, 9.17) is 10.5 Å². The molecule has 0 radical (unpaired) electrons. The Kier molecular flexibility index (Phi) is 4.23. The van der Waals surface area contributed by atoms with Gasteiger partial charge in [0.15, 0.2) is 5.75 Å². The van der Waals surface area contributed by atoms with Gasteiger partial charge in [0, 0.05) is 12.2 Å². The van der Waals surface area contributed by atoms with Crippen molar-refractivity contribution < 1.29 is 4.74 Å². The molecule has 0 spiro atoms. The standard InChI is InChI=1S/C14H19N3O/c1-2-18-14-10-16-17(11-14)9-3-4-12-5-7-13(15)8-6-12/h5-8,10-11H,2-4,9,15H2,1H3. The highest BCUT2D eigenvalue weighted by Crippen LogP contribution is 2.10. The van der Waals surface area contributed by atoms with Crippen molar-refractivity contribution in [1.82, 2.24) is 9.78 Å². The summed E-state index contributed by atoms with van der Waals surface area (Å²) in [5.74, 6) is 0.838. The topological polar surface area (TPSA) is 53.1 Å².